The fraction of sp³-hybridized carbons (Fsp3) is 0.111. The van der Waals surface area contributed by atoms with E-state index in [4.69, 9.17) is 0 Å². The van der Waals surface area contributed by atoms with Crippen molar-refractivity contribution in [2.75, 3.05) is 0 Å². The van der Waals surface area contributed by atoms with Gasteiger partial charge in [-0.05, 0) is 37.1 Å². The molecular formula is C18H20S. The summed E-state index contributed by atoms with van der Waals surface area (Å²) in [6.07, 6.45) is 16.0. The normalized spacial score (nSPS) is 13.4. The lowest BCUT2D eigenvalue weighted by molar-refractivity contribution is 1.71. The topological polar surface area (TPSA) is 0 Å². The van der Waals surface area contributed by atoms with Gasteiger partial charge < -0.3 is 0 Å². The van der Waals surface area contributed by atoms with Crippen LogP contribution in [0.15, 0.2) is 73.9 Å². The lowest BCUT2D eigenvalue weighted by Gasteiger charge is -1.98. The fourth-order valence-electron chi connectivity index (χ4n) is 1.70. The summed E-state index contributed by atoms with van der Waals surface area (Å²) in [4.78, 5) is 2.49. The van der Waals surface area contributed by atoms with Crippen LogP contribution in [-0.2, 0) is 0 Å². The Morgan fingerprint density at radius 1 is 0.895 bits per heavy atom. The van der Waals surface area contributed by atoms with Gasteiger partial charge in [0.2, 0.25) is 0 Å². The minimum atomic E-state index is 1.19. The maximum Gasteiger partial charge on any atom is 0.0349 e. The van der Waals surface area contributed by atoms with Gasteiger partial charge in [0.15, 0.2) is 0 Å². The number of allylic oxidation sites excluding steroid dienone is 10. The van der Waals surface area contributed by atoms with Crippen LogP contribution in [0.25, 0.3) is 11.1 Å². The highest BCUT2D eigenvalue weighted by atomic mass is 32.1. The molecular weight excluding hydrogens is 248 g/mol. The molecule has 1 heterocycles. The molecule has 1 aromatic heterocycles. The molecule has 0 aliphatic heterocycles. The third-order valence-corrected chi connectivity index (χ3v) is 3.65. The van der Waals surface area contributed by atoms with Crippen LogP contribution in [0.4, 0.5) is 0 Å². The standard InChI is InChI=1S/C18H20S/c1-5-9-15(10-6-2)17-13-14-18(19-17)16(11-7-3)12-8-4/h5-14H,1,3H2,2,4H3/b10-6-,12-8-,15-9+,16-11+. The van der Waals surface area contributed by atoms with E-state index in [1.54, 1.807) is 11.3 Å². The van der Waals surface area contributed by atoms with Crippen LogP contribution in [0.1, 0.15) is 23.6 Å². The second kappa shape index (κ2) is 8.28. The van der Waals surface area contributed by atoms with Crippen LogP contribution in [0, 0.1) is 0 Å². The van der Waals surface area contributed by atoms with Gasteiger partial charge in [-0.1, -0.05) is 61.8 Å². The summed E-state index contributed by atoms with van der Waals surface area (Å²) < 4.78 is 0. The molecule has 0 radical (unpaired) electrons. The number of hydrogen-bond acceptors (Lipinski definition) is 1. The Bertz CT molecular complexity index is 500. The summed E-state index contributed by atoms with van der Waals surface area (Å²) in [7, 11) is 0. The molecule has 0 fully saturated rings. The third kappa shape index (κ3) is 4.38. The third-order valence-electron chi connectivity index (χ3n) is 2.46. The van der Waals surface area contributed by atoms with Crippen molar-refractivity contribution in [3.63, 3.8) is 0 Å². The van der Waals surface area contributed by atoms with Crippen molar-refractivity contribution in [3.8, 4) is 0 Å². The van der Waals surface area contributed by atoms with E-state index in [0.717, 1.165) is 0 Å². The lowest BCUT2D eigenvalue weighted by Crippen LogP contribution is -1.73. The fourth-order valence-corrected chi connectivity index (χ4v) is 2.72. The molecule has 0 aliphatic carbocycles. The van der Waals surface area contributed by atoms with Gasteiger partial charge in [-0.15, -0.1) is 11.3 Å². The van der Waals surface area contributed by atoms with Crippen molar-refractivity contribution in [2.45, 2.75) is 13.8 Å². The number of rotatable bonds is 6. The first-order valence-corrected chi connectivity index (χ1v) is 7.09. The SMILES string of the molecule is C=C/C=C(\C=C/C)c1ccc(C(/C=C\C)=C/C=C)s1. The van der Waals surface area contributed by atoms with Gasteiger partial charge in [0.05, 0.1) is 0 Å². The van der Waals surface area contributed by atoms with Gasteiger partial charge >= 0.3 is 0 Å². The highest BCUT2D eigenvalue weighted by Gasteiger charge is 2.05. The second-order valence-electron chi connectivity index (χ2n) is 3.88. The maximum absolute atomic E-state index is 3.77. The zero-order chi connectivity index (χ0) is 14.1. The first-order chi connectivity index (χ1) is 9.26. The molecule has 19 heavy (non-hydrogen) atoms. The Kier molecular flexibility index (Phi) is 6.62. The molecule has 0 amide bonds. The predicted molar refractivity (Wildman–Crippen MR) is 90.3 cm³/mol. The van der Waals surface area contributed by atoms with Crippen molar-refractivity contribution in [2.24, 2.45) is 0 Å². The molecule has 0 unspecified atom stereocenters. The van der Waals surface area contributed by atoms with Crippen LogP contribution in [0.3, 0.4) is 0 Å². The Hall–Kier alpha value is -1.86. The van der Waals surface area contributed by atoms with E-state index >= 15 is 0 Å². The van der Waals surface area contributed by atoms with Crippen LogP contribution in [0.5, 0.6) is 0 Å². The summed E-state index contributed by atoms with van der Waals surface area (Å²) >= 11 is 1.77. The second-order valence-corrected chi connectivity index (χ2v) is 4.96. The van der Waals surface area contributed by atoms with Gasteiger partial charge in [-0.2, -0.15) is 0 Å². The minimum absolute atomic E-state index is 1.19. The van der Waals surface area contributed by atoms with E-state index in [1.807, 2.05) is 50.3 Å². The van der Waals surface area contributed by atoms with Crippen LogP contribution < -0.4 is 0 Å². The summed E-state index contributed by atoms with van der Waals surface area (Å²) in [5.41, 5.74) is 2.37. The van der Waals surface area contributed by atoms with Gasteiger partial charge in [-0.25, -0.2) is 0 Å². The van der Waals surface area contributed by atoms with Crippen molar-refractivity contribution in [1.29, 1.82) is 0 Å². The van der Waals surface area contributed by atoms with Gasteiger partial charge in [0, 0.05) is 9.75 Å². The van der Waals surface area contributed by atoms with Crippen molar-refractivity contribution in [3.05, 3.63) is 83.7 Å². The highest BCUT2D eigenvalue weighted by Crippen LogP contribution is 2.30. The Morgan fingerprint density at radius 2 is 1.32 bits per heavy atom. The molecule has 1 heteroatoms. The predicted octanol–water partition coefficient (Wildman–Crippen LogP) is 6.04. The maximum atomic E-state index is 3.77. The van der Waals surface area contributed by atoms with Crippen molar-refractivity contribution in [1.82, 2.24) is 0 Å². The first-order valence-electron chi connectivity index (χ1n) is 6.28. The molecule has 0 aromatic carbocycles. The molecule has 0 saturated heterocycles. The molecule has 0 nitrogen and oxygen atoms in total. The average molecular weight is 268 g/mol. The van der Waals surface area contributed by atoms with Gasteiger partial charge in [0.1, 0.15) is 0 Å². The summed E-state index contributed by atoms with van der Waals surface area (Å²) in [6, 6.07) is 4.30. The van der Waals surface area contributed by atoms with Gasteiger partial charge in [-0.3, -0.25) is 0 Å². The van der Waals surface area contributed by atoms with E-state index in [0.29, 0.717) is 0 Å². The van der Waals surface area contributed by atoms with Crippen LogP contribution >= 0.6 is 11.3 Å². The highest BCUT2D eigenvalue weighted by molar-refractivity contribution is 7.14. The van der Waals surface area contributed by atoms with Gasteiger partial charge in [0.25, 0.3) is 0 Å². The van der Waals surface area contributed by atoms with Crippen LogP contribution in [0.2, 0.25) is 0 Å². The molecule has 1 aromatic rings. The lowest BCUT2D eigenvalue weighted by atomic mass is 10.1. The summed E-state index contributed by atoms with van der Waals surface area (Å²) in [6.45, 7) is 11.6. The minimum Gasteiger partial charge on any atom is -0.135 e. The zero-order valence-electron chi connectivity index (χ0n) is 11.6. The Balaban J connectivity index is 3.17. The average Bonchev–Trinajstić information content (AvgIpc) is 2.87. The van der Waals surface area contributed by atoms with E-state index in [1.165, 1.54) is 20.9 Å². The van der Waals surface area contributed by atoms with E-state index in [-0.39, 0.29) is 0 Å². The Morgan fingerprint density at radius 3 is 1.63 bits per heavy atom. The Labute approximate surface area is 120 Å². The molecule has 1 rings (SSSR count). The summed E-state index contributed by atoms with van der Waals surface area (Å²) in [5, 5.41) is 0. The van der Waals surface area contributed by atoms with E-state index in [9.17, 15) is 0 Å². The number of thiophene rings is 1. The molecule has 0 N–H and O–H groups in total. The summed E-state index contributed by atoms with van der Waals surface area (Å²) in [5.74, 6) is 0. The molecule has 0 atom stereocenters. The molecule has 0 saturated carbocycles. The van der Waals surface area contributed by atoms with Crippen molar-refractivity contribution >= 4 is 22.5 Å². The smallest absolute Gasteiger partial charge is 0.0349 e. The quantitative estimate of drug-likeness (QED) is 0.552. The first kappa shape index (κ1) is 15.2. The molecule has 0 bridgehead atoms. The zero-order valence-corrected chi connectivity index (χ0v) is 12.4. The largest absolute Gasteiger partial charge is 0.135 e. The monoisotopic (exact) mass is 268 g/mol. The van der Waals surface area contributed by atoms with Crippen molar-refractivity contribution < 1.29 is 0 Å². The van der Waals surface area contributed by atoms with E-state index in [2.05, 4.69) is 37.4 Å². The van der Waals surface area contributed by atoms with Crippen LogP contribution in [-0.4, -0.2) is 0 Å². The molecule has 98 valence electrons. The van der Waals surface area contributed by atoms with E-state index < -0.39 is 0 Å². The number of hydrogen-bond donors (Lipinski definition) is 0. The molecule has 0 spiro atoms. The molecule has 0 aliphatic rings.